The Labute approximate surface area is 317 Å². The van der Waals surface area contributed by atoms with E-state index in [9.17, 15) is 35.9 Å². The van der Waals surface area contributed by atoms with Gasteiger partial charge in [-0.1, -0.05) is 0 Å². The van der Waals surface area contributed by atoms with E-state index in [1.165, 1.54) is 53.1 Å². The molecule has 7 aromatic rings. The van der Waals surface area contributed by atoms with Crippen molar-refractivity contribution in [3.05, 3.63) is 125 Å². The van der Waals surface area contributed by atoms with Crippen LogP contribution in [-0.4, -0.2) is 57.9 Å². The monoisotopic (exact) mass is 797 g/mol. The summed E-state index contributed by atoms with van der Waals surface area (Å²) < 4.78 is 95.5. The Balaban J connectivity index is 0.000000166. The van der Waals surface area contributed by atoms with Crippen LogP contribution < -0.4 is 20.0 Å². The molecule has 1 N–H and O–H groups in total. The van der Waals surface area contributed by atoms with Crippen LogP contribution in [0.3, 0.4) is 0 Å². The van der Waals surface area contributed by atoms with Crippen molar-refractivity contribution in [2.75, 3.05) is 0 Å². The van der Waals surface area contributed by atoms with Crippen molar-refractivity contribution < 1.29 is 54.9 Å². The zero-order valence-electron chi connectivity index (χ0n) is 29.7. The molecule has 14 nitrogen and oxygen atoms in total. The van der Waals surface area contributed by atoms with E-state index in [0.29, 0.717) is 45.2 Å². The van der Waals surface area contributed by atoms with Crippen molar-refractivity contribution >= 4 is 17.2 Å². The molecule has 0 atom stereocenters. The minimum absolute atomic E-state index is 0.0772. The first-order valence-corrected chi connectivity index (χ1v) is 16.5. The number of halogens is 6. The average Bonchev–Trinajstić information content (AvgIpc) is 3.94. The summed E-state index contributed by atoms with van der Waals surface area (Å²) in [6.07, 6.45) is -2.55. The van der Waals surface area contributed by atoms with E-state index < -0.39 is 18.5 Å². The van der Waals surface area contributed by atoms with Crippen LogP contribution in [0, 0.1) is 0 Å². The van der Waals surface area contributed by atoms with Gasteiger partial charge in [0.25, 0.3) is 0 Å². The van der Waals surface area contributed by atoms with Gasteiger partial charge in [0.2, 0.25) is 0 Å². The summed E-state index contributed by atoms with van der Waals surface area (Å²) in [5.74, 6) is -1.14. The molecular weight excluding hydrogens is 768 g/mol. The van der Waals surface area contributed by atoms with Crippen LogP contribution in [0.25, 0.3) is 33.7 Å². The lowest BCUT2D eigenvalue weighted by molar-refractivity contribution is -0.275. The van der Waals surface area contributed by atoms with Gasteiger partial charge in [0.1, 0.15) is 11.5 Å². The molecule has 0 bridgehead atoms. The zero-order valence-corrected chi connectivity index (χ0v) is 29.7. The molecule has 2 aromatic carbocycles. The molecule has 0 spiro atoms. The number of aromatic nitrogens is 7. The molecule has 0 fully saturated rings. The Hall–Kier alpha value is -6.96. The van der Waals surface area contributed by atoms with Crippen molar-refractivity contribution in [2.45, 2.75) is 32.3 Å². The van der Waals surface area contributed by atoms with Gasteiger partial charge in [-0.05, 0) is 72.8 Å². The first-order chi connectivity index (χ1) is 27.0. The molecule has 0 aliphatic carbocycles. The second-order valence-electron chi connectivity index (χ2n) is 12.1. The topological polar surface area (TPSA) is 162 Å². The molecule has 5 aromatic heterocycles. The number of nitrogens with zero attached hydrogens (tertiary/aromatic N) is 7. The van der Waals surface area contributed by atoms with E-state index in [-0.39, 0.29) is 37.0 Å². The van der Waals surface area contributed by atoms with Crippen LogP contribution in [0.1, 0.15) is 16.8 Å². The second kappa shape index (κ2) is 16.4. The van der Waals surface area contributed by atoms with Crippen LogP contribution in [-0.2, 0) is 38.5 Å². The van der Waals surface area contributed by atoms with Crippen molar-refractivity contribution in [2.24, 2.45) is 14.1 Å². The van der Waals surface area contributed by atoms with Gasteiger partial charge in [-0.3, -0.25) is 18.7 Å². The van der Waals surface area contributed by atoms with Crippen LogP contribution in [0.4, 0.5) is 26.3 Å². The van der Waals surface area contributed by atoms with E-state index >= 15 is 0 Å². The maximum absolute atomic E-state index is 12.3. The lowest BCUT2D eigenvalue weighted by Gasteiger charge is -2.09. The van der Waals surface area contributed by atoms with Gasteiger partial charge in [0.05, 0.1) is 49.0 Å². The first kappa shape index (κ1) is 39.7. The molecular formula is C37H29F6N7O7. The van der Waals surface area contributed by atoms with E-state index in [0.717, 1.165) is 11.1 Å². The van der Waals surface area contributed by atoms with E-state index in [1.54, 1.807) is 65.5 Å². The van der Waals surface area contributed by atoms with E-state index in [4.69, 9.17) is 14.3 Å². The van der Waals surface area contributed by atoms with Crippen molar-refractivity contribution in [3.63, 3.8) is 0 Å². The number of hydrogen-bond acceptors (Lipinski definition) is 11. The third-order valence-electron chi connectivity index (χ3n) is 7.79. The minimum Gasteiger partial charge on any atom is -0.424 e. The molecule has 296 valence electrons. The molecule has 0 radical (unpaired) electrons. The summed E-state index contributed by atoms with van der Waals surface area (Å²) in [5.41, 5.74) is 5.03. The molecule has 0 saturated carbocycles. The zero-order chi connectivity index (χ0) is 40.9. The second-order valence-corrected chi connectivity index (χ2v) is 12.1. The highest BCUT2D eigenvalue weighted by atomic mass is 19.4. The number of ether oxygens (including phenoxy) is 3. The smallest absolute Gasteiger partial charge is 0.424 e. The first-order valence-electron chi connectivity index (χ1n) is 16.5. The maximum atomic E-state index is 12.3. The number of fused-ring (bicyclic) bond motifs is 2. The molecule has 1 aliphatic rings. The van der Waals surface area contributed by atoms with Gasteiger partial charge >= 0.3 is 24.5 Å². The summed E-state index contributed by atoms with van der Waals surface area (Å²) >= 11 is 0. The van der Waals surface area contributed by atoms with E-state index in [1.807, 2.05) is 7.05 Å². The third kappa shape index (κ3) is 10.6. The van der Waals surface area contributed by atoms with Gasteiger partial charge in [0.15, 0.2) is 17.0 Å². The highest BCUT2D eigenvalue weighted by molar-refractivity contribution is 5.80. The van der Waals surface area contributed by atoms with Crippen LogP contribution >= 0.6 is 0 Å². The number of esters is 1. The fourth-order valence-electron chi connectivity index (χ4n) is 5.35. The number of alkyl halides is 6. The summed E-state index contributed by atoms with van der Waals surface area (Å²) in [4.78, 5) is 32.0. The fourth-order valence-corrected chi connectivity index (χ4v) is 5.35. The van der Waals surface area contributed by atoms with Crippen molar-refractivity contribution in [1.29, 1.82) is 0 Å². The number of benzene rings is 2. The number of aliphatic hydroxyl groups is 1. The Morgan fingerprint density at radius 2 is 1.25 bits per heavy atom. The molecule has 57 heavy (non-hydrogen) atoms. The van der Waals surface area contributed by atoms with E-state index in [2.05, 4.69) is 29.6 Å². The van der Waals surface area contributed by atoms with Crippen LogP contribution in [0.2, 0.25) is 0 Å². The SMILES string of the molecule is Cn1cc(CO)cn1.Cn1cc(Cn2c(=O)oc3ccc(-c4ccc(OC(F)(F)F)cc4)nc32)cn1.O=C1Cc2nc(-c3ccc(OC(F)(F)F)cc3)ccc2O1. The molecule has 0 amide bonds. The molecule has 1 aliphatic heterocycles. The quantitative estimate of drug-likeness (QED) is 0.141. The summed E-state index contributed by atoms with van der Waals surface area (Å²) in [5, 5.41) is 16.4. The number of carbonyl (C=O) groups excluding carboxylic acids is 1. The van der Waals surface area contributed by atoms with Gasteiger partial charge in [-0.2, -0.15) is 10.2 Å². The van der Waals surface area contributed by atoms with Crippen LogP contribution in [0.5, 0.6) is 17.2 Å². The summed E-state index contributed by atoms with van der Waals surface area (Å²) in [6, 6.07) is 17.1. The standard InChI is InChI=1S/C18H13F3N4O3.C14H8F3NO3.C5H8N2O/c1-24-9-11(8-22-24)10-25-16-15(27-17(25)26)7-6-14(23-16)12-2-4-13(5-3-12)28-18(19,20)21;15-14(16,17)21-9-3-1-8(2-4-9)10-5-6-12-11(18-10)7-13(19)20-12;1-7-3-5(4-8)2-6-7/h2-9H,10H2,1H3;1-6H,7H2;2-3,8H,4H2,1H3. The normalized spacial score (nSPS) is 12.3. The number of pyridine rings is 2. The number of aryl methyl sites for hydroxylation is 2. The number of aliphatic hydroxyl groups excluding tert-OH is 1. The Kier molecular flexibility index (Phi) is 11.4. The Morgan fingerprint density at radius 1 is 0.719 bits per heavy atom. The Morgan fingerprint density at radius 3 is 1.74 bits per heavy atom. The third-order valence-corrected chi connectivity index (χ3v) is 7.79. The van der Waals surface area contributed by atoms with Crippen molar-refractivity contribution in [1.82, 2.24) is 34.1 Å². The van der Waals surface area contributed by atoms with Gasteiger partial charge in [-0.25, -0.2) is 14.8 Å². The number of hydrogen-bond donors (Lipinski definition) is 1. The van der Waals surface area contributed by atoms with Gasteiger partial charge < -0.3 is 23.7 Å². The predicted octanol–water partition coefficient (Wildman–Crippen LogP) is 6.36. The number of rotatable bonds is 7. The molecule has 0 saturated heterocycles. The van der Waals surface area contributed by atoms with Gasteiger partial charge in [-0.15, -0.1) is 26.3 Å². The van der Waals surface area contributed by atoms with Crippen LogP contribution in [0.15, 0.2) is 107 Å². The number of carbonyl (C=O) groups is 1. The average molecular weight is 798 g/mol. The molecule has 20 heteroatoms. The predicted molar refractivity (Wildman–Crippen MR) is 188 cm³/mol. The summed E-state index contributed by atoms with van der Waals surface area (Å²) in [6.45, 7) is 0.308. The summed E-state index contributed by atoms with van der Waals surface area (Å²) in [7, 11) is 3.58. The molecule has 0 unspecified atom stereocenters. The largest absolute Gasteiger partial charge is 0.573 e. The number of oxazole rings is 1. The Bertz CT molecular complexity index is 2540. The minimum atomic E-state index is -4.75. The highest BCUT2D eigenvalue weighted by Crippen LogP contribution is 2.30. The van der Waals surface area contributed by atoms with Gasteiger partial charge in [0, 0.05) is 48.7 Å². The van der Waals surface area contributed by atoms with Crippen molar-refractivity contribution in [3.8, 4) is 39.8 Å². The maximum Gasteiger partial charge on any atom is 0.573 e. The molecule has 8 rings (SSSR count). The highest BCUT2D eigenvalue weighted by Gasteiger charge is 2.32. The lowest BCUT2D eigenvalue weighted by atomic mass is 10.1. The fraction of sp³-hybridized carbons (Fsp3) is 0.189. The molecule has 6 heterocycles. The lowest BCUT2D eigenvalue weighted by Crippen LogP contribution is -2.17.